The lowest BCUT2D eigenvalue weighted by atomic mass is 10.0. The van der Waals surface area contributed by atoms with Gasteiger partial charge in [-0.05, 0) is 55.3 Å². The molecule has 0 atom stereocenters. The molecule has 0 saturated carbocycles. The fourth-order valence-corrected chi connectivity index (χ4v) is 3.45. The average Bonchev–Trinajstić information content (AvgIpc) is 2.71. The molecule has 1 aliphatic rings. The number of amides is 2. The fraction of sp³-hybridized carbons (Fsp3) is 0.250. The van der Waals surface area contributed by atoms with Gasteiger partial charge in [0.15, 0.2) is 0 Å². The summed E-state index contributed by atoms with van der Waals surface area (Å²) in [5, 5.41) is 2.98. The summed E-state index contributed by atoms with van der Waals surface area (Å²) in [4.78, 5) is 31.0. The van der Waals surface area contributed by atoms with E-state index in [1.54, 1.807) is 4.90 Å². The number of hydrogen-bond donors (Lipinski definition) is 1. The first-order valence-electron chi connectivity index (χ1n) is 8.99. The minimum atomic E-state index is -0.476. The predicted octanol–water partition coefficient (Wildman–Crippen LogP) is 3.54. The summed E-state index contributed by atoms with van der Waals surface area (Å²) in [5.41, 5.74) is 0.697. The third-order valence-electron chi connectivity index (χ3n) is 4.99. The van der Waals surface area contributed by atoms with Gasteiger partial charge in [-0.3, -0.25) is 9.36 Å². The molecule has 4 rings (SSSR count). The van der Waals surface area contributed by atoms with Crippen molar-refractivity contribution in [3.8, 4) is 0 Å². The van der Waals surface area contributed by atoms with Gasteiger partial charge in [0.25, 0.3) is 5.56 Å². The molecule has 0 bridgehead atoms. The molecule has 2 heterocycles. The van der Waals surface area contributed by atoms with Gasteiger partial charge >= 0.3 is 6.03 Å². The smallest absolute Gasteiger partial charge is 0.321 e. The highest BCUT2D eigenvalue weighted by Gasteiger charge is 2.25. The highest BCUT2D eigenvalue weighted by atomic mass is 19.1. The largest absolute Gasteiger partial charge is 0.324 e. The number of rotatable bonds is 2. The Morgan fingerprint density at radius 3 is 2.43 bits per heavy atom. The second kappa shape index (κ2) is 7.38. The number of likely N-dealkylation sites (tertiary alicyclic amines) is 1. The van der Waals surface area contributed by atoms with Crippen molar-refractivity contribution in [1.29, 1.82) is 0 Å². The summed E-state index contributed by atoms with van der Waals surface area (Å²) in [6.45, 7) is 0.927. The highest BCUT2D eigenvalue weighted by Crippen LogP contribution is 2.22. The van der Waals surface area contributed by atoms with Crippen molar-refractivity contribution in [2.45, 2.75) is 18.9 Å². The first kappa shape index (κ1) is 18.1. The number of halogens is 2. The molecule has 0 unspecified atom stereocenters. The van der Waals surface area contributed by atoms with Gasteiger partial charge in [0.2, 0.25) is 0 Å². The Kier molecular flexibility index (Phi) is 4.77. The van der Waals surface area contributed by atoms with E-state index in [1.807, 2.05) is 0 Å². The second-order valence-corrected chi connectivity index (χ2v) is 6.77. The van der Waals surface area contributed by atoms with Crippen molar-refractivity contribution in [3.63, 3.8) is 0 Å². The van der Waals surface area contributed by atoms with E-state index < -0.39 is 5.82 Å². The van der Waals surface area contributed by atoms with Crippen LogP contribution in [0.25, 0.3) is 10.9 Å². The molecule has 0 aliphatic carbocycles. The SMILES string of the molecule is O=C(Nc1ccc(F)cc1)N1CCC(n2cnc3ccc(F)cc3c2=O)CC1. The van der Waals surface area contributed by atoms with E-state index in [9.17, 15) is 18.4 Å². The molecular weight excluding hydrogens is 366 g/mol. The van der Waals surface area contributed by atoms with Gasteiger partial charge in [-0.1, -0.05) is 0 Å². The minimum absolute atomic E-state index is 0.109. The van der Waals surface area contributed by atoms with Crippen molar-refractivity contribution >= 4 is 22.6 Å². The van der Waals surface area contributed by atoms with E-state index in [2.05, 4.69) is 10.3 Å². The molecule has 1 saturated heterocycles. The van der Waals surface area contributed by atoms with Crippen LogP contribution in [0.15, 0.2) is 53.6 Å². The Morgan fingerprint density at radius 2 is 1.71 bits per heavy atom. The van der Waals surface area contributed by atoms with Gasteiger partial charge in [-0.25, -0.2) is 18.6 Å². The standard InChI is InChI=1S/C20H18F2N4O2/c21-13-1-4-15(5-2-13)24-20(28)25-9-7-16(8-10-25)26-12-23-18-6-3-14(22)11-17(18)19(26)27/h1-6,11-12,16H,7-10H2,(H,24,28). The van der Waals surface area contributed by atoms with Gasteiger partial charge in [0.05, 0.1) is 17.2 Å². The lowest BCUT2D eigenvalue weighted by Crippen LogP contribution is -2.42. The van der Waals surface area contributed by atoms with Crippen LogP contribution >= 0.6 is 0 Å². The van der Waals surface area contributed by atoms with E-state index in [1.165, 1.54) is 53.4 Å². The van der Waals surface area contributed by atoms with Crippen LogP contribution in [-0.2, 0) is 0 Å². The number of anilines is 1. The quantitative estimate of drug-likeness (QED) is 0.735. The van der Waals surface area contributed by atoms with Crippen molar-refractivity contribution in [3.05, 3.63) is 70.8 Å². The second-order valence-electron chi connectivity index (χ2n) is 6.77. The van der Waals surface area contributed by atoms with Gasteiger partial charge in [0, 0.05) is 24.8 Å². The minimum Gasteiger partial charge on any atom is -0.324 e. The number of benzene rings is 2. The first-order valence-corrected chi connectivity index (χ1v) is 8.99. The molecule has 28 heavy (non-hydrogen) atoms. The molecule has 1 fully saturated rings. The van der Waals surface area contributed by atoms with Gasteiger partial charge in [0.1, 0.15) is 11.6 Å². The van der Waals surface area contributed by atoms with E-state index in [-0.39, 0.29) is 28.8 Å². The van der Waals surface area contributed by atoms with E-state index in [0.29, 0.717) is 37.1 Å². The van der Waals surface area contributed by atoms with Gasteiger partial charge in [-0.15, -0.1) is 0 Å². The molecule has 0 spiro atoms. The summed E-state index contributed by atoms with van der Waals surface area (Å²) in [6, 6.07) is 9.15. The molecule has 3 aromatic rings. The number of hydrogen-bond acceptors (Lipinski definition) is 3. The summed E-state index contributed by atoms with van der Waals surface area (Å²) < 4.78 is 28.0. The molecule has 1 aromatic heterocycles. The number of nitrogens with zero attached hydrogens (tertiary/aromatic N) is 3. The Labute approximate surface area is 159 Å². The molecule has 2 aromatic carbocycles. The zero-order valence-corrected chi connectivity index (χ0v) is 14.9. The number of nitrogens with one attached hydrogen (secondary N) is 1. The number of aromatic nitrogens is 2. The molecule has 2 amide bonds. The third-order valence-corrected chi connectivity index (χ3v) is 4.99. The molecule has 144 valence electrons. The summed E-state index contributed by atoms with van der Waals surface area (Å²) in [5.74, 6) is -0.843. The lowest BCUT2D eigenvalue weighted by molar-refractivity contribution is 0.182. The Balaban J connectivity index is 1.44. The number of carbonyl (C=O) groups excluding carboxylic acids is 1. The van der Waals surface area contributed by atoms with E-state index in [4.69, 9.17) is 0 Å². The summed E-state index contributed by atoms with van der Waals surface area (Å²) in [6.07, 6.45) is 2.65. The molecule has 6 nitrogen and oxygen atoms in total. The Morgan fingerprint density at radius 1 is 1.04 bits per heavy atom. The topological polar surface area (TPSA) is 67.2 Å². The number of urea groups is 1. The van der Waals surface area contributed by atoms with E-state index in [0.717, 1.165) is 0 Å². The number of carbonyl (C=O) groups is 1. The average molecular weight is 384 g/mol. The molecule has 1 N–H and O–H groups in total. The van der Waals surface area contributed by atoms with Crippen LogP contribution in [0.4, 0.5) is 19.3 Å². The molecule has 8 heteroatoms. The first-order chi connectivity index (χ1) is 13.5. The Bertz CT molecular complexity index is 1070. The zero-order valence-electron chi connectivity index (χ0n) is 14.9. The van der Waals surface area contributed by atoms with Crippen molar-refractivity contribution in [2.24, 2.45) is 0 Å². The van der Waals surface area contributed by atoms with Crippen LogP contribution in [0.2, 0.25) is 0 Å². The zero-order chi connectivity index (χ0) is 19.7. The third kappa shape index (κ3) is 3.58. The van der Waals surface area contributed by atoms with Crippen LogP contribution in [0.1, 0.15) is 18.9 Å². The maximum atomic E-state index is 13.5. The van der Waals surface area contributed by atoms with Crippen LogP contribution in [0.5, 0.6) is 0 Å². The van der Waals surface area contributed by atoms with Crippen molar-refractivity contribution < 1.29 is 13.6 Å². The van der Waals surface area contributed by atoms with Gasteiger partial charge < -0.3 is 10.2 Å². The predicted molar refractivity (Wildman–Crippen MR) is 101 cm³/mol. The maximum absolute atomic E-state index is 13.5. The summed E-state index contributed by atoms with van der Waals surface area (Å²) in [7, 11) is 0. The molecular formula is C20H18F2N4O2. The van der Waals surface area contributed by atoms with Crippen LogP contribution in [0.3, 0.4) is 0 Å². The monoisotopic (exact) mass is 384 g/mol. The summed E-state index contributed by atoms with van der Waals surface area (Å²) >= 11 is 0. The van der Waals surface area contributed by atoms with E-state index >= 15 is 0 Å². The van der Waals surface area contributed by atoms with Crippen LogP contribution in [-0.4, -0.2) is 33.6 Å². The highest BCUT2D eigenvalue weighted by molar-refractivity contribution is 5.89. The normalized spacial score (nSPS) is 15.0. The number of fused-ring (bicyclic) bond motifs is 1. The number of piperidine rings is 1. The van der Waals surface area contributed by atoms with Crippen molar-refractivity contribution in [1.82, 2.24) is 14.5 Å². The molecule has 0 radical (unpaired) electrons. The fourth-order valence-electron chi connectivity index (χ4n) is 3.45. The van der Waals surface area contributed by atoms with Gasteiger partial charge in [-0.2, -0.15) is 0 Å². The maximum Gasteiger partial charge on any atom is 0.321 e. The van der Waals surface area contributed by atoms with Crippen LogP contribution < -0.4 is 10.9 Å². The van der Waals surface area contributed by atoms with Crippen LogP contribution in [0, 0.1) is 11.6 Å². The Hall–Kier alpha value is -3.29. The van der Waals surface area contributed by atoms with Crippen molar-refractivity contribution in [2.75, 3.05) is 18.4 Å². The molecule has 1 aliphatic heterocycles. The lowest BCUT2D eigenvalue weighted by Gasteiger charge is -2.32.